The molecule has 0 aromatic heterocycles. The quantitative estimate of drug-likeness (QED) is 0.573. The second-order valence-corrected chi connectivity index (χ2v) is 12.4. The lowest BCUT2D eigenvalue weighted by molar-refractivity contribution is -0.0139. The fourth-order valence-electron chi connectivity index (χ4n) is 6.36. The van der Waals surface area contributed by atoms with Crippen molar-refractivity contribution in [3.05, 3.63) is 60.2 Å². The van der Waals surface area contributed by atoms with Gasteiger partial charge in [0, 0.05) is 25.7 Å². The van der Waals surface area contributed by atoms with Crippen LogP contribution in [0.15, 0.2) is 59.5 Å². The number of nitrogens with one attached hydrogen (secondary N) is 1. The normalized spacial score (nSPS) is 27.7. The van der Waals surface area contributed by atoms with Gasteiger partial charge in [-0.15, -0.1) is 0 Å². The zero-order chi connectivity index (χ0) is 24.3. The number of sulfonamides is 1. The molecular weight excluding hydrogens is 458 g/mol. The molecule has 6 nitrogen and oxygen atoms in total. The maximum atomic E-state index is 12.8. The summed E-state index contributed by atoms with van der Waals surface area (Å²) in [5.41, 5.74) is 1.47. The standard InChI is InChI=1S/C28H39N3O3S/c1-34-27-7-9-28(10-8-27)35(32,33)29-19-26-18-24-13-16-31(26)21-25(24)20-30-14-11-23(12-15-30)17-22-5-3-2-4-6-22/h2-10,23-26,29H,11-21H2,1H3/t24-,25+,26+/m1/s1. The summed E-state index contributed by atoms with van der Waals surface area (Å²) in [6, 6.07) is 17.8. The summed E-state index contributed by atoms with van der Waals surface area (Å²) in [5, 5.41) is 0. The topological polar surface area (TPSA) is 61.9 Å². The van der Waals surface area contributed by atoms with Crippen molar-refractivity contribution in [2.24, 2.45) is 17.8 Å². The molecule has 35 heavy (non-hydrogen) atoms. The Bertz CT molecular complexity index is 1050. The summed E-state index contributed by atoms with van der Waals surface area (Å²) in [6.07, 6.45) is 6.15. The molecule has 2 aromatic rings. The predicted molar refractivity (Wildman–Crippen MR) is 139 cm³/mol. The first-order valence-electron chi connectivity index (χ1n) is 13.1. The maximum Gasteiger partial charge on any atom is 0.240 e. The van der Waals surface area contributed by atoms with Crippen LogP contribution in [0.25, 0.3) is 0 Å². The number of likely N-dealkylation sites (tertiary alicyclic amines) is 1. The van der Waals surface area contributed by atoms with Crippen LogP contribution in [0, 0.1) is 17.8 Å². The SMILES string of the molecule is COc1ccc(S(=O)(=O)NC[C@@H]2C[C@H]3CCN2C[C@@H]3CN2CCC(Cc3ccccc3)CC2)cc1. The molecule has 2 bridgehead atoms. The van der Waals surface area contributed by atoms with Gasteiger partial charge in [0.15, 0.2) is 0 Å². The Morgan fingerprint density at radius 3 is 2.37 bits per heavy atom. The van der Waals surface area contributed by atoms with Crippen LogP contribution in [-0.4, -0.2) is 70.6 Å². The van der Waals surface area contributed by atoms with Crippen molar-refractivity contribution in [1.29, 1.82) is 0 Å². The van der Waals surface area contributed by atoms with E-state index in [4.69, 9.17) is 4.74 Å². The average Bonchev–Trinajstić information content (AvgIpc) is 2.90. The Kier molecular flexibility index (Phi) is 7.77. The van der Waals surface area contributed by atoms with Gasteiger partial charge in [0.2, 0.25) is 10.0 Å². The molecule has 1 unspecified atom stereocenters. The molecule has 4 aliphatic rings. The highest BCUT2D eigenvalue weighted by Gasteiger charge is 2.41. The van der Waals surface area contributed by atoms with Gasteiger partial charge in [-0.3, -0.25) is 4.90 Å². The third-order valence-corrected chi connectivity index (χ3v) is 9.90. The van der Waals surface area contributed by atoms with E-state index in [1.165, 1.54) is 50.9 Å². The smallest absolute Gasteiger partial charge is 0.240 e. The van der Waals surface area contributed by atoms with E-state index < -0.39 is 10.0 Å². The van der Waals surface area contributed by atoms with Crippen LogP contribution in [0.4, 0.5) is 0 Å². The van der Waals surface area contributed by atoms with Gasteiger partial charge in [0.05, 0.1) is 12.0 Å². The van der Waals surface area contributed by atoms with Crippen molar-refractivity contribution in [3.8, 4) is 5.75 Å². The van der Waals surface area contributed by atoms with Crippen LogP contribution in [0.5, 0.6) is 5.75 Å². The van der Waals surface area contributed by atoms with Gasteiger partial charge >= 0.3 is 0 Å². The van der Waals surface area contributed by atoms with Gasteiger partial charge in [-0.2, -0.15) is 0 Å². The first-order chi connectivity index (χ1) is 17.0. The Morgan fingerprint density at radius 1 is 0.971 bits per heavy atom. The molecule has 7 heteroatoms. The first kappa shape index (κ1) is 24.8. The van der Waals surface area contributed by atoms with Crippen LogP contribution < -0.4 is 9.46 Å². The van der Waals surface area contributed by atoms with Crippen LogP contribution in [0.1, 0.15) is 31.2 Å². The molecule has 4 atom stereocenters. The van der Waals surface area contributed by atoms with Crippen molar-refractivity contribution in [2.45, 2.75) is 43.0 Å². The lowest BCUT2D eigenvalue weighted by atomic mass is 9.75. The fraction of sp³-hybridized carbons (Fsp3) is 0.571. The zero-order valence-electron chi connectivity index (χ0n) is 20.8. The number of benzene rings is 2. The Morgan fingerprint density at radius 2 is 1.71 bits per heavy atom. The predicted octanol–water partition coefficient (Wildman–Crippen LogP) is 3.64. The second-order valence-electron chi connectivity index (χ2n) is 10.7. The van der Waals surface area contributed by atoms with Crippen molar-refractivity contribution < 1.29 is 13.2 Å². The van der Waals surface area contributed by atoms with Gasteiger partial charge in [-0.1, -0.05) is 30.3 Å². The van der Waals surface area contributed by atoms with Crippen molar-refractivity contribution >= 4 is 10.0 Å². The first-order valence-corrected chi connectivity index (χ1v) is 14.6. The van der Waals surface area contributed by atoms with E-state index in [1.807, 2.05) is 0 Å². The number of fused-ring (bicyclic) bond motifs is 3. The van der Waals surface area contributed by atoms with Crippen LogP contribution >= 0.6 is 0 Å². The van der Waals surface area contributed by atoms with E-state index >= 15 is 0 Å². The Hall–Kier alpha value is -1.93. The molecule has 0 spiro atoms. The highest BCUT2D eigenvalue weighted by Crippen LogP contribution is 2.37. The summed E-state index contributed by atoms with van der Waals surface area (Å²) in [5.74, 6) is 2.89. The molecule has 4 aliphatic heterocycles. The third kappa shape index (κ3) is 6.08. The number of hydrogen-bond acceptors (Lipinski definition) is 5. The number of methoxy groups -OCH3 is 1. The summed E-state index contributed by atoms with van der Waals surface area (Å²) in [4.78, 5) is 5.52. The van der Waals surface area contributed by atoms with Crippen molar-refractivity contribution in [2.75, 3.05) is 46.4 Å². The molecule has 2 aromatic carbocycles. The van der Waals surface area contributed by atoms with Gasteiger partial charge in [-0.05, 0) is 99.3 Å². The molecule has 0 radical (unpaired) electrons. The summed E-state index contributed by atoms with van der Waals surface area (Å²) >= 11 is 0. The largest absolute Gasteiger partial charge is 0.497 e. The molecule has 0 saturated carbocycles. The monoisotopic (exact) mass is 497 g/mol. The number of hydrogen-bond donors (Lipinski definition) is 1. The van der Waals surface area contributed by atoms with E-state index in [2.05, 4.69) is 44.9 Å². The second kappa shape index (κ2) is 11.0. The highest BCUT2D eigenvalue weighted by molar-refractivity contribution is 7.89. The third-order valence-electron chi connectivity index (χ3n) is 8.46. The van der Waals surface area contributed by atoms with Crippen LogP contribution in [0.2, 0.25) is 0 Å². The maximum absolute atomic E-state index is 12.8. The molecule has 4 fully saturated rings. The number of piperidine rings is 4. The van der Waals surface area contributed by atoms with E-state index in [0.29, 0.717) is 35.1 Å². The van der Waals surface area contributed by atoms with Gasteiger partial charge in [0.25, 0.3) is 0 Å². The summed E-state index contributed by atoms with van der Waals surface area (Å²) in [6.45, 7) is 6.31. The Balaban J connectivity index is 1.08. The average molecular weight is 498 g/mol. The van der Waals surface area contributed by atoms with Crippen LogP contribution in [0.3, 0.4) is 0 Å². The molecule has 4 saturated heterocycles. The Labute approximate surface area is 210 Å². The molecular formula is C28H39N3O3S. The van der Waals surface area contributed by atoms with E-state index in [-0.39, 0.29) is 0 Å². The zero-order valence-corrected chi connectivity index (χ0v) is 21.6. The van der Waals surface area contributed by atoms with Crippen molar-refractivity contribution in [3.63, 3.8) is 0 Å². The molecule has 6 rings (SSSR count). The van der Waals surface area contributed by atoms with Crippen molar-refractivity contribution in [1.82, 2.24) is 14.5 Å². The molecule has 1 N–H and O–H groups in total. The van der Waals surface area contributed by atoms with E-state index in [1.54, 1.807) is 31.4 Å². The molecule has 0 aliphatic carbocycles. The number of nitrogens with zero attached hydrogens (tertiary/aromatic N) is 2. The van der Waals surface area contributed by atoms with E-state index in [9.17, 15) is 8.42 Å². The molecule has 4 heterocycles. The minimum atomic E-state index is -3.51. The number of ether oxygens (including phenoxy) is 1. The minimum absolute atomic E-state index is 0.294. The number of rotatable bonds is 9. The van der Waals surface area contributed by atoms with Crippen LogP contribution in [-0.2, 0) is 16.4 Å². The van der Waals surface area contributed by atoms with Gasteiger partial charge < -0.3 is 9.64 Å². The lowest BCUT2D eigenvalue weighted by Crippen LogP contribution is -2.58. The lowest BCUT2D eigenvalue weighted by Gasteiger charge is -2.51. The van der Waals surface area contributed by atoms with Gasteiger partial charge in [-0.25, -0.2) is 13.1 Å². The fourth-order valence-corrected chi connectivity index (χ4v) is 7.44. The summed E-state index contributed by atoms with van der Waals surface area (Å²) < 4.78 is 33.6. The molecule has 190 valence electrons. The van der Waals surface area contributed by atoms with E-state index in [0.717, 1.165) is 25.4 Å². The summed E-state index contributed by atoms with van der Waals surface area (Å²) in [7, 11) is -1.93. The molecule has 0 amide bonds. The minimum Gasteiger partial charge on any atom is -0.497 e. The highest BCUT2D eigenvalue weighted by atomic mass is 32.2. The van der Waals surface area contributed by atoms with Gasteiger partial charge in [0.1, 0.15) is 5.75 Å².